The van der Waals surface area contributed by atoms with E-state index in [-0.39, 0.29) is 11.6 Å². The number of benzene rings is 5. The Morgan fingerprint density at radius 2 is 1.56 bits per heavy atom. The molecule has 3 N–H and O–H groups in total. The van der Waals surface area contributed by atoms with Gasteiger partial charge in [-0.1, -0.05) is 48.5 Å². The van der Waals surface area contributed by atoms with E-state index in [0.29, 0.717) is 46.3 Å². The predicted molar refractivity (Wildman–Crippen MR) is 198 cm³/mol. The zero-order chi connectivity index (χ0) is 34.9. The molecule has 9 nitrogen and oxygen atoms in total. The van der Waals surface area contributed by atoms with Crippen LogP contribution in [0, 0.1) is 0 Å². The van der Waals surface area contributed by atoms with Crippen LogP contribution in [0.15, 0.2) is 142 Å². The van der Waals surface area contributed by atoms with E-state index >= 15 is 0 Å². The summed E-state index contributed by atoms with van der Waals surface area (Å²) in [5.74, 6) is 0.122. The smallest absolute Gasteiger partial charge is 0.272 e. The van der Waals surface area contributed by atoms with Crippen molar-refractivity contribution in [1.82, 2.24) is 10.3 Å². The molecule has 10 heteroatoms. The molecule has 1 heterocycles. The zero-order valence-corrected chi connectivity index (χ0v) is 28.2. The average Bonchev–Trinajstić information content (AvgIpc) is 3.57. The molecular weight excluding hydrogens is 649 g/mol. The number of anilines is 2. The van der Waals surface area contributed by atoms with Gasteiger partial charge in [-0.15, -0.1) is 11.8 Å². The molecule has 0 saturated carbocycles. The van der Waals surface area contributed by atoms with Gasteiger partial charge >= 0.3 is 0 Å². The Kier molecular flexibility index (Phi) is 10.7. The molecule has 0 aliphatic carbocycles. The van der Waals surface area contributed by atoms with Crippen LogP contribution in [-0.4, -0.2) is 34.6 Å². The Hall–Kier alpha value is -6.13. The minimum Gasteiger partial charge on any atom is -0.494 e. The van der Waals surface area contributed by atoms with Crippen molar-refractivity contribution in [3.05, 3.63) is 144 Å². The maximum absolute atomic E-state index is 13.6. The lowest BCUT2D eigenvalue weighted by Gasteiger charge is -2.14. The zero-order valence-electron chi connectivity index (χ0n) is 27.4. The molecule has 1 unspecified atom stereocenters. The van der Waals surface area contributed by atoms with Crippen LogP contribution in [0.25, 0.3) is 28.6 Å². The molecule has 0 fully saturated rings. The number of rotatable bonds is 12. The van der Waals surface area contributed by atoms with Gasteiger partial charge < -0.3 is 25.1 Å². The molecule has 0 aliphatic heterocycles. The molecule has 1 atom stereocenters. The van der Waals surface area contributed by atoms with Gasteiger partial charge in [0, 0.05) is 27.4 Å². The van der Waals surface area contributed by atoms with Crippen molar-refractivity contribution in [2.75, 3.05) is 17.2 Å². The highest BCUT2D eigenvalue weighted by Crippen LogP contribution is 2.28. The summed E-state index contributed by atoms with van der Waals surface area (Å²) in [5.41, 5.74) is 4.64. The van der Waals surface area contributed by atoms with Crippen molar-refractivity contribution < 1.29 is 23.5 Å². The Bertz CT molecular complexity index is 2110. The molecule has 0 bridgehead atoms. The number of hydrogen-bond acceptors (Lipinski definition) is 7. The Balaban J connectivity index is 1.10. The lowest BCUT2D eigenvalue weighted by Crippen LogP contribution is -2.30. The van der Waals surface area contributed by atoms with Crippen molar-refractivity contribution in [2.24, 2.45) is 0 Å². The van der Waals surface area contributed by atoms with Crippen molar-refractivity contribution >= 4 is 58.0 Å². The standard InChI is InChI=1S/C40H34N4O5S/c1-3-48-32-22-16-27(17-23-32)24-35(43-38(46)28-10-5-4-6-11-28)39(47)42-31-12-9-13-33(25-31)50-26(2)37(45)41-30-20-18-29(19-21-30)40-44-34-14-7-8-15-36(34)49-40/h4-26H,3H2,1-2H3,(H,41,45)(H,42,47)(H,43,46)/b35-24+. The third-order valence-electron chi connectivity index (χ3n) is 7.50. The minimum absolute atomic E-state index is 0.0657. The molecular formula is C40H34N4O5S. The highest BCUT2D eigenvalue weighted by molar-refractivity contribution is 8.00. The summed E-state index contributed by atoms with van der Waals surface area (Å²) >= 11 is 1.35. The summed E-state index contributed by atoms with van der Waals surface area (Å²) in [6.45, 7) is 4.25. The number of amides is 3. The fourth-order valence-electron chi connectivity index (χ4n) is 4.97. The van der Waals surface area contributed by atoms with Crippen LogP contribution in [0.2, 0.25) is 0 Å². The first-order chi connectivity index (χ1) is 24.3. The van der Waals surface area contributed by atoms with Crippen LogP contribution in [0.4, 0.5) is 11.4 Å². The van der Waals surface area contributed by atoms with E-state index in [1.807, 2.05) is 86.6 Å². The van der Waals surface area contributed by atoms with E-state index < -0.39 is 17.1 Å². The summed E-state index contributed by atoms with van der Waals surface area (Å²) in [7, 11) is 0. The molecule has 5 aromatic carbocycles. The average molecular weight is 683 g/mol. The second kappa shape index (κ2) is 15.8. The number of nitrogens with one attached hydrogen (secondary N) is 3. The molecule has 50 heavy (non-hydrogen) atoms. The molecule has 6 rings (SSSR count). The summed E-state index contributed by atoms with van der Waals surface area (Å²) in [6, 6.07) is 38.0. The predicted octanol–water partition coefficient (Wildman–Crippen LogP) is 8.42. The van der Waals surface area contributed by atoms with Gasteiger partial charge in [-0.3, -0.25) is 14.4 Å². The molecule has 250 valence electrons. The first kappa shape index (κ1) is 33.8. The number of carbonyl (C=O) groups excluding carboxylic acids is 3. The normalized spacial score (nSPS) is 11.8. The summed E-state index contributed by atoms with van der Waals surface area (Å²) in [5, 5.41) is 8.16. The fourth-order valence-corrected chi connectivity index (χ4v) is 5.90. The number of oxazole rings is 1. The third-order valence-corrected chi connectivity index (χ3v) is 8.59. The molecule has 0 saturated heterocycles. The first-order valence-corrected chi connectivity index (χ1v) is 16.9. The van der Waals surface area contributed by atoms with Gasteiger partial charge in [0.25, 0.3) is 11.8 Å². The lowest BCUT2D eigenvalue weighted by molar-refractivity contribution is -0.115. The van der Waals surface area contributed by atoms with E-state index in [4.69, 9.17) is 9.15 Å². The van der Waals surface area contributed by atoms with Crippen LogP contribution < -0.4 is 20.7 Å². The number of aromatic nitrogens is 1. The lowest BCUT2D eigenvalue weighted by atomic mass is 10.1. The van der Waals surface area contributed by atoms with Gasteiger partial charge in [0.15, 0.2) is 5.58 Å². The highest BCUT2D eigenvalue weighted by atomic mass is 32.2. The van der Waals surface area contributed by atoms with Crippen LogP contribution in [0.3, 0.4) is 0 Å². The Morgan fingerprint density at radius 3 is 2.30 bits per heavy atom. The van der Waals surface area contributed by atoms with Crippen LogP contribution in [0.5, 0.6) is 5.75 Å². The van der Waals surface area contributed by atoms with Gasteiger partial charge in [-0.05, 0) is 104 Å². The van der Waals surface area contributed by atoms with E-state index in [1.165, 1.54) is 11.8 Å². The van der Waals surface area contributed by atoms with Gasteiger partial charge in [0.05, 0.1) is 11.9 Å². The topological polar surface area (TPSA) is 123 Å². The van der Waals surface area contributed by atoms with E-state index in [2.05, 4.69) is 20.9 Å². The second-order valence-corrected chi connectivity index (χ2v) is 12.6. The van der Waals surface area contributed by atoms with E-state index in [9.17, 15) is 14.4 Å². The fraction of sp³-hybridized carbons (Fsp3) is 0.100. The van der Waals surface area contributed by atoms with Crippen molar-refractivity contribution in [3.63, 3.8) is 0 Å². The van der Waals surface area contributed by atoms with Crippen molar-refractivity contribution in [2.45, 2.75) is 24.0 Å². The second-order valence-electron chi connectivity index (χ2n) is 11.2. The third kappa shape index (κ3) is 8.66. The molecule has 0 radical (unpaired) electrons. The van der Waals surface area contributed by atoms with Crippen LogP contribution >= 0.6 is 11.8 Å². The number of thioether (sulfide) groups is 1. The number of carbonyl (C=O) groups is 3. The summed E-state index contributed by atoms with van der Waals surface area (Å²) in [6.07, 6.45) is 1.61. The van der Waals surface area contributed by atoms with E-state index in [0.717, 1.165) is 16.0 Å². The summed E-state index contributed by atoms with van der Waals surface area (Å²) < 4.78 is 11.4. The highest BCUT2D eigenvalue weighted by Gasteiger charge is 2.18. The minimum atomic E-state index is -0.502. The largest absolute Gasteiger partial charge is 0.494 e. The number of para-hydroxylation sites is 2. The number of nitrogens with zero attached hydrogens (tertiary/aromatic N) is 1. The van der Waals surface area contributed by atoms with Crippen molar-refractivity contribution in [3.8, 4) is 17.2 Å². The van der Waals surface area contributed by atoms with Gasteiger partial charge in [-0.25, -0.2) is 4.98 Å². The van der Waals surface area contributed by atoms with Crippen molar-refractivity contribution in [1.29, 1.82) is 0 Å². The van der Waals surface area contributed by atoms with E-state index in [1.54, 1.807) is 60.7 Å². The van der Waals surface area contributed by atoms with Gasteiger partial charge in [0.1, 0.15) is 17.0 Å². The molecule has 0 aliphatic rings. The molecule has 0 spiro atoms. The van der Waals surface area contributed by atoms with Crippen LogP contribution in [-0.2, 0) is 9.59 Å². The number of hydrogen-bond donors (Lipinski definition) is 3. The molecule has 1 aromatic heterocycles. The molecule has 6 aromatic rings. The van der Waals surface area contributed by atoms with Crippen LogP contribution in [0.1, 0.15) is 29.8 Å². The van der Waals surface area contributed by atoms with Gasteiger partial charge in [0.2, 0.25) is 11.8 Å². The maximum Gasteiger partial charge on any atom is 0.272 e. The Morgan fingerprint density at radius 1 is 0.820 bits per heavy atom. The molecule has 3 amide bonds. The number of fused-ring (bicyclic) bond motifs is 1. The monoisotopic (exact) mass is 682 g/mol. The summed E-state index contributed by atoms with van der Waals surface area (Å²) in [4.78, 5) is 45.0. The quantitative estimate of drug-likeness (QED) is 0.0875. The Labute approximate surface area is 293 Å². The number of ether oxygens (including phenoxy) is 1. The SMILES string of the molecule is CCOc1ccc(/C=C(/NC(=O)c2ccccc2)C(=O)Nc2cccc(SC(C)C(=O)Nc3ccc(-c4nc5ccccc5o4)cc3)c2)cc1. The first-order valence-electron chi connectivity index (χ1n) is 16.0. The van der Waals surface area contributed by atoms with Gasteiger partial charge in [-0.2, -0.15) is 0 Å². The maximum atomic E-state index is 13.6.